The molecule has 2 heterocycles. The van der Waals surface area contributed by atoms with E-state index in [9.17, 15) is 4.79 Å². The van der Waals surface area contributed by atoms with Crippen molar-refractivity contribution < 1.29 is 0 Å². The number of hydrogen-bond donors (Lipinski definition) is 1. The van der Waals surface area contributed by atoms with Crippen LogP contribution in [0.2, 0.25) is 0 Å². The molecule has 5 heteroatoms. The van der Waals surface area contributed by atoms with Crippen LogP contribution in [0.15, 0.2) is 41.6 Å². The number of nitrogen functional groups attached to an aromatic ring is 1. The van der Waals surface area contributed by atoms with Gasteiger partial charge in [-0.05, 0) is 11.6 Å². The molecule has 0 amide bonds. The average Bonchev–Trinajstić information content (AvgIpc) is 2.24. The van der Waals surface area contributed by atoms with Crippen molar-refractivity contribution in [2.24, 2.45) is 0 Å². The molecule has 2 N–H and O–H groups in total. The SMILES string of the molecule is Nc1cnn(Cc2cccnc2)c(=O)c1. The van der Waals surface area contributed by atoms with Gasteiger partial charge in [0, 0.05) is 18.5 Å². The summed E-state index contributed by atoms with van der Waals surface area (Å²) in [6, 6.07) is 5.05. The van der Waals surface area contributed by atoms with E-state index in [1.807, 2.05) is 12.1 Å². The number of anilines is 1. The molecule has 0 saturated heterocycles. The second-order valence-corrected chi connectivity index (χ2v) is 3.15. The molecule has 0 aliphatic rings. The maximum Gasteiger partial charge on any atom is 0.269 e. The Balaban J connectivity index is 2.29. The van der Waals surface area contributed by atoms with Gasteiger partial charge in [-0.25, -0.2) is 4.68 Å². The van der Waals surface area contributed by atoms with Gasteiger partial charge in [-0.3, -0.25) is 9.78 Å². The maximum atomic E-state index is 11.4. The van der Waals surface area contributed by atoms with Crippen LogP contribution in [0.5, 0.6) is 0 Å². The number of nitrogens with zero attached hydrogens (tertiary/aromatic N) is 3. The first-order chi connectivity index (χ1) is 7.25. The van der Waals surface area contributed by atoms with Crippen molar-refractivity contribution >= 4 is 5.69 Å². The molecule has 2 aromatic rings. The fourth-order valence-electron chi connectivity index (χ4n) is 1.23. The molecule has 2 aromatic heterocycles. The molecule has 0 aliphatic carbocycles. The maximum absolute atomic E-state index is 11.4. The number of pyridine rings is 1. The molecule has 76 valence electrons. The second kappa shape index (κ2) is 3.91. The van der Waals surface area contributed by atoms with Crippen molar-refractivity contribution in [1.29, 1.82) is 0 Å². The highest BCUT2D eigenvalue weighted by Gasteiger charge is 1.99. The van der Waals surface area contributed by atoms with Gasteiger partial charge in [-0.1, -0.05) is 6.07 Å². The van der Waals surface area contributed by atoms with Crippen molar-refractivity contribution in [3.05, 3.63) is 52.7 Å². The lowest BCUT2D eigenvalue weighted by molar-refractivity contribution is 0.639. The fraction of sp³-hybridized carbons (Fsp3) is 0.100. The molecule has 0 aliphatic heterocycles. The van der Waals surface area contributed by atoms with Crippen LogP contribution in [0.25, 0.3) is 0 Å². The average molecular weight is 202 g/mol. The van der Waals surface area contributed by atoms with Crippen LogP contribution >= 0.6 is 0 Å². The van der Waals surface area contributed by atoms with Crippen molar-refractivity contribution in [2.45, 2.75) is 6.54 Å². The highest BCUT2D eigenvalue weighted by Crippen LogP contribution is 1.97. The monoisotopic (exact) mass is 202 g/mol. The largest absolute Gasteiger partial charge is 0.397 e. The second-order valence-electron chi connectivity index (χ2n) is 3.15. The number of rotatable bonds is 2. The Morgan fingerprint density at radius 3 is 2.93 bits per heavy atom. The highest BCUT2D eigenvalue weighted by molar-refractivity contribution is 5.31. The summed E-state index contributed by atoms with van der Waals surface area (Å²) in [6.07, 6.45) is 4.84. The first kappa shape index (κ1) is 9.39. The van der Waals surface area contributed by atoms with Crippen LogP contribution in [0, 0.1) is 0 Å². The molecule has 0 spiro atoms. The van der Waals surface area contributed by atoms with Gasteiger partial charge in [0.15, 0.2) is 0 Å². The zero-order valence-corrected chi connectivity index (χ0v) is 8.00. The third-order valence-electron chi connectivity index (χ3n) is 1.95. The van der Waals surface area contributed by atoms with Crippen molar-refractivity contribution in [2.75, 3.05) is 5.73 Å². The summed E-state index contributed by atoms with van der Waals surface area (Å²) in [6.45, 7) is 0.410. The molecule has 0 fully saturated rings. The van der Waals surface area contributed by atoms with E-state index < -0.39 is 0 Å². The molecule has 0 saturated carbocycles. The normalized spacial score (nSPS) is 10.1. The number of aromatic nitrogens is 3. The summed E-state index contributed by atoms with van der Waals surface area (Å²) in [5, 5.41) is 3.92. The lowest BCUT2D eigenvalue weighted by Gasteiger charge is -2.03. The van der Waals surface area contributed by atoms with Gasteiger partial charge < -0.3 is 5.73 Å². The zero-order chi connectivity index (χ0) is 10.7. The zero-order valence-electron chi connectivity index (χ0n) is 8.00. The lowest BCUT2D eigenvalue weighted by atomic mass is 10.3. The molecule has 0 aromatic carbocycles. The van der Waals surface area contributed by atoms with E-state index in [2.05, 4.69) is 10.1 Å². The minimum absolute atomic E-state index is 0.209. The third-order valence-corrected chi connectivity index (χ3v) is 1.95. The van der Waals surface area contributed by atoms with Gasteiger partial charge in [0.2, 0.25) is 0 Å². The summed E-state index contributed by atoms with van der Waals surface area (Å²) in [5.74, 6) is 0. The quantitative estimate of drug-likeness (QED) is 0.758. The highest BCUT2D eigenvalue weighted by atomic mass is 16.1. The summed E-state index contributed by atoms with van der Waals surface area (Å²) in [4.78, 5) is 15.4. The van der Waals surface area contributed by atoms with E-state index in [0.717, 1.165) is 5.56 Å². The van der Waals surface area contributed by atoms with Crippen LogP contribution in [0.3, 0.4) is 0 Å². The Morgan fingerprint density at radius 2 is 2.27 bits per heavy atom. The number of hydrogen-bond acceptors (Lipinski definition) is 4. The minimum Gasteiger partial charge on any atom is -0.397 e. The molecule has 0 radical (unpaired) electrons. The van der Waals surface area contributed by atoms with Gasteiger partial charge in [0.25, 0.3) is 5.56 Å². The van der Waals surface area contributed by atoms with Crippen molar-refractivity contribution in [3.63, 3.8) is 0 Å². The molecule has 5 nitrogen and oxygen atoms in total. The summed E-state index contributed by atoms with van der Waals surface area (Å²) >= 11 is 0. The van der Waals surface area contributed by atoms with E-state index in [1.165, 1.54) is 16.9 Å². The molecular weight excluding hydrogens is 192 g/mol. The summed E-state index contributed by atoms with van der Waals surface area (Å²) in [7, 11) is 0. The van der Waals surface area contributed by atoms with E-state index in [1.54, 1.807) is 12.4 Å². The van der Waals surface area contributed by atoms with Crippen molar-refractivity contribution in [1.82, 2.24) is 14.8 Å². The first-order valence-corrected chi connectivity index (χ1v) is 4.47. The fourth-order valence-corrected chi connectivity index (χ4v) is 1.23. The Bertz CT molecular complexity index is 506. The van der Waals surface area contributed by atoms with E-state index in [0.29, 0.717) is 12.2 Å². The number of nitrogens with two attached hydrogens (primary N) is 1. The Morgan fingerprint density at radius 1 is 1.40 bits per heavy atom. The molecule has 0 bridgehead atoms. The Kier molecular flexibility index (Phi) is 2.45. The van der Waals surface area contributed by atoms with E-state index in [4.69, 9.17) is 5.73 Å². The van der Waals surface area contributed by atoms with Crippen LogP contribution in [0.4, 0.5) is 5.69 Å². The Labute approximate surface area is 86.2 Å². The van der Waals surface area contributed by atoms with Crippen LogP contribution < -0.4 is 11.3 Å². The van der Waals surface area contributed by atoms with Crippen molar-refractivity contribution in [3.8, 4) is 0 Å². The predicted molar refractivity (Wildman–Crippen MR) is 56.2 cm³/mol. The third kappa shape index (κ3) is 2.19. The van der Waals surface area contributed by atoms with E-state index >= 15 is 0 Å². The molecule has 0 atom stereocenters. The van der Waals surface area contributed by atoms with E-state index in [-0.39, 0.29) is 5.56 Å². The summed E-state index contributed by atoms with van der Waals surface area (Å²) < 4.78 is 1.34. The smallest absolute Gasteiger partial charge is 0.269 e. The van der Waals surface area contributed by atoms with Crippen LogP contribution in [-0.4, -0.2) is 14.8 Å². The van der Waals surface area contributed by atoms with Gasteiger partial charge >= 0.3 is 0 Å². The first-order valence-electron chi connectivity index (χ1n) is 4.47. The lowest BCUT2D eigenvalue weighted by Crippen LogP contribution is -2.22. The van der Waals surface area contributed by atoms with Gasteiger partial charge in [-0.2, -0.15) is 5.10 Å². The molecule has 2 rings (SSSR count). The predicted octanol–water partition coefficient (Wildman–Crippen LogP) is 0.269. The topological polar surface area (TPSA) is 73.8 Å². The Hall–Kier alpha value is -2.17. The van der Waals surface area contributed by atoms with Gasteiger partial charge in [-0.15, -0.1) is 0 Å². The molecule has 15 heavy (non-hydrogen) atoms. The van der Waals surface area contributed by atoms with Crippen LogP contribution in [0.1, 0.15) is 5.56 Å². The summed E-state index contributed by atoms with van der Waals surface area (Å²) in [5.41, 5.74) is 6.53. The van der Waals surface area contributed by atoms with Crippen LogP contribution in [-0.2, 0) is 6.54 Å². The molecule has 0 unspecified atom stereocenters. The molecular formula is C10H10N4O. The minimum atomic E-state index is -0.209. The van der Waals surface area contributed by atoms with Gasteiger partial charge in [0.1, 0.15) is 0 Å². The standard InChI is InChI=1S/C10H10N4O/c11-9-4-10(15)14(13-6-9)7-8-2-1-3-12-5-8/h1-6H,7,11H2. The van der Waals surface area contributed by atoms with Gasteiger partial charge in [0.05, 0.1) is 18.4 Å².